The molecule has 144 valence electrons. The van der Waals surface area contributed by atoms with Gasteiger partial charge in [-0.3, -0.25) is 9.59 Å². The Kier molecular flexibility index (Phi) is 7.80. The third-order valence-corrected chi connectivity index (χ3v) is 4.68. The second-order valence-corrected chi connectivity index (χ2v) is 6.76. The maximum absolute atomic E-state index is 14.0. The Morgan fingerprint density at radius 2 is 1.74 bits per heavy atom. The number of benzene rings is 2. The van der Waals surface area contributed by atoms with E-state index in [0.29, 0.717) is 17.1 Å². The van der Waals surface area contributed by atoms with E-state index >= 15 is 0 Å². The molecule has 0 saturated heterocycles. The zero-order chi connectivity index (χ0) is 19.8. The Bertz CT molecular complexity index is 797. The first kappa shape index (κ1) is 20.9. The van der Waals surface area contributed by atoms with Crippen molar-refractivity contribution < 1.29 is 14.0 Å². The van der Waals surface area contributed by atoms with Crippen LogP contribution in [0, 0.1) is 5.82 Å². The van der Waals surface area contributed by atoms with Crippen molar-refractivity contribution in [3.63, 3.8) is 0 Å². The van der Waals surface area contributed by atoms with Crippen LogP contribution in [0.3, 0.4) is 0 Å². The van der Waals surface area contributed by atoms with Crippen LogP contribution in [0.1, 0.15) is 31.4 Å². The van der Waals surface area contributed by atoms with Crippen LogP contribution in [0.15, 0.2) is 48.5 Å². The van der Waals surface area contributed by atoms with Crippen molar-refractivity contribution in [2.75, 3.05) is 6.54 Å². The molecule has 1 unspecified atom stereocenters. The predicted octanol–water partition coefficient (Wildman–Crippen LogP) is 3.97. The molecule has 0 spiro atoms. The maximum atomic E-state index is 14.0. The summed E-state index contributed by atoms with van der Waals surface area (Å²) in [5, 5.41) is 3.32. The Labute approximate surface area is 164 Å². The lowest BCUT2D eigenvalue weighted by atomic mass is 10.1. The lowest BCUT2D eigenvalue weighted by Crippen LogP contribution is -2.48. The molecule has 2 amide bonds. The fourth-order valence-corrected chi connectivity index (χ4v) is 2.89. The fourth-order valence-electron chi connectivity index (χ4n) is 2.69. The number of rotatable bonds is 8. The number of halogens is 2. The molecule has 0 fully saturated rings. The van der Waals surface area contributed by atoms with Crippen molar-refractivity contribution in [1.82, 2.24) is 10.2 Å². The van der Waals surface area contributed by atoms with E-state index in [9.17, 15) is 14.0 Å². The number of nitrogens with zero attached hydrogens (tertiary/aromatic N) is 1. The van der Waals surface area contributed by atoms with E-state index in [1.54, 1.807) is 37.3 Å². The van der Waals surface area contributed by atoms with Crippen molar-refractivity contribution in [3.05, 3.63) is 70.5 Å². The molecule has 0 saturated carbocycles. The third kappa shape index (κ3) is 5.79. The number of hydrogen-bond acceptors (Lipinski definition) is 2. The van der Waals surface area contributed by atoms with Gasteiger partial charge in [0, 0.05) is 18.1 Å². The van der Waals surface area contributed by atoms with Crippen LogP contribution in [0.5, 0.6) is 0 Å². The van der Waals surface area contributed by atoms with Crippen molar-refractivity contribution in [3.8, 4) is 0 Å². The summed E-state index contributed by atoms with van der Waals surface area (Å²) in [6, 6.07) is 12.6. The van der Waals surface area contributed by atoms with Crippen LogP contribution in [0.25, 0.3) is 0 Å². The first-order valence-electron chi connectivity index (χ1n) is 8.98. The second-order valence-electron chi connectivity index (χ2n) is 6.35. The Morgan fingerprint density at radius 3 is 2.37 bits per heavy atom. The number of amides is 2. The van der Waals surface area contributed by atoms with Gasteiger partial charge in [0.2, 0.25) is 11.8 Å². The standard InChI is InChI=1S/C21H24ClFN2O2/c1-3-12-24-21(27)15(2)25(14-17-9-4-6-10-18(17)22)20(26)13-16-8-5-7-11-19(16)23/h4-11,15H,3,12-14H2,1-2H3,(H,24,27). The highest BCUT2D eigenvalue weighted by molar-refractivity contribution is 6.31. The smallest absolute Gasteiger partial charge is 0.242 e. The number of nitrogens with one attached hydrogen (secondary N) is 1. The van der Waals surface area contributed by atoms with Crippen molar-refractivity contribution >= 4 is 23.4 Å². The average Bonchev–Trinajstić information content (AvgIpc) is 2.66. The summed E-state index contributed by atoms with van der Waals surface area (Å²) < 4.78 is 14.0. The van der Waals surface area contributed by atoms with Crippen LogP contribution in [0.2, 0.25) is 5.02 Å². The van der Waals surface area contributed by atoms with Gasteiger partial charge >= 0.3 is 0 Å². The summed E-state index contributed by atoms with van der Waals surface area (Å²) in [5.74, 6) is -1.02. The molecular weight excluding hydrogens is 367 g/mol. The molecule has 2 aromatic rings. The van der Waals surface area contributed by atoms with Crippen LogP contribution < -0.4 is 5.32 Å². The zero-order valence-electron chi connectivity index (χ0n) is 15.5. The normalized spacial score (nSPS) is 11.7. The topological polar surface area (TPSA) is 49.4 Å². The van der Waals surface area contributed by atoms with E-state index in [1.165, 1.54) is 11.0 Å². The van der Waals surface area contributed by atoms with Gasteiger partial charge in [0.15, 0.2) is 0 Å². The molecule has 0 aliphatic rings. The number of hydrogen-bond donors (Lipinski definition) is 1. The van der Waals surface area contributed by atoms with Crippen LogP contribution >= 0.6 is 11.6 Å². The molecule has 0 aromatic heterocycles. The Balaban J connectivity index is 2.25. The van der Waals surface area contributed by atoms with Crippen LogP contribution in [-0.2, 0) is 22.6 Å². The van der Waals surface area contributed by atoms with Crippen LogP contribution in [-0.4, -0.2) is 29.3 Å². The summed E-state index contributed by atoms with van der Waals surface area (Å²) in [7, 11) is 0. The second kappa shape index (κ2) is 10.1. The summed E-state index contributed by atoms with van der Waals surface area (Å²) in [4.78, 5) is 26.8. The van der Waals surface area contributed by atoms with Gasteiger partial charge in [-0.25, -0.2) is 4.39 Å². The first-order chi connectivity index (χ1) is 12.9. The molecule has 0 bridgehead atoms. The lowest BCUT2D eigenvalue weighted by Gasteiger charge is -2.29. The van der Waals surface area contributed by atoms with Crippen molar-refractivity contribution in [2.45, 2.75) is 39.3 Å². The van der Waals surface area contributed by atoms with Gasteiger partial charge in [-0.2, -0.15) is 0 Å². The predicted molar refractivity (Wildman–Crippen MR) is 105 cm³/mol. The monoisotopic (exact) mass is 390 g/mol. The minimum absolute atomic E-state index is 0.122. The maximum Gasteiger partial charge on any atom is 0.242 e. The van der Waals surface area contributed by atoms with Gasteiger partial charge in [-0.15, -0.1) is 0 Å². The molecule has 1 atom stereocenters. The van der Waals surface area contributed by atoms with E-state index in [2.05, 4.69) is 5.32 Å². The summed E-state index contributed by atoms with van der Waals surface area (Å²) in [5.41, 5.74) is 1.03. The van der Waals surface area contributed by atoms with E-state index < -0.39 is 11.9 Å². The molecule has 0 heterocycles. The number of carbonyl (C=O) groups is 2. The zero-order valence-corrected chi connectivity index (χ0v) is 16.3. The Hall–Kier alpha value is -2.40. The SMILES string of the molecule is CCCNC(=O)C(C)N(Cc1ccccc1Cl)C(=O)Cc1ccccc1F. The molecule has 6 heteroatoms. The molecule has 1 N–H and O–H groups in total. The highest BCUT2D eigenvalue weighted by Gasteiger charge is 2.27. The molecular formula is C21H24ClFN2O2. The van der Waals surface area contributed by atoms with Gasteiger partial charge in [-0.05, 0) is 36.6 Å². The van der Waals surface area contributed by atoms with E-state index in [-0.39, 0.29) is 24.8 Å². The van der Waals surface area contributed by atoms with E-state index in [4.69, 9.17) is 11.6 Å². The minimum atomic E-state index is -0.702. The minimum Gasteiger partial charge on any atom is -0.354 e. The molecule has 2 aromatic carbocycles. The Morgan fingerprint density at radius 1 is 1.11 bits per heavy atom. The lowest BCUT2D eigenvalue weighted by molar-refractivity contribution is -0.140. The third-order valence-electron chi connectivity index (χ3n) is 4.31. The largest absolute Gasteiger partial charge is 0.354 e. The van der Waals surface area contributed by atoms with Crippen LogP contribution in [0.4, 0.5) is 4.39 Å². The molecule has 0 aliphatic heterocycles. The molecule has 4 nitrogen and oxygen atoms in total. The van der Waals surface area contributed by atoms with E-state index in [1.807, 2.05) is 19.1 Å². The summed E-state index contributed by atoms with van der Waals surface area (Å²) in [6.45, 7) is 4.33. The average molecular weight is 391 g/mol. The summed E-state index contributed by atoms with van der Waals surface area (Å²) >= 11 is 6.23. The van der Waals surface area contributed by atoms with Gasteiger partial charge in [0.25, 0.3) is 0 Å². The first-order valence-corrected chi connectivity index (χ1v) is 9.35. The van der Waals surface area contributed by atoms with Gasteiger partial charge in [0.05, 0.1) is 6.42 Å². The molecule has 27 heavy (non-hydrogen) atoms. The van der Waals surface area contributed by atoms with Gasteiger partial charge < -0.3 is 10.2 Å². The quantitative estimate of drug-likeness (QED) is 0.741. The van der Waals surface area contributed by atoms with Crippen molar-refractivity contribution in [2.24, 2.45) is 0 Å². The number of carbonyl (C=O) groups excluding carboxylic acids is 2. The van der Waals surface area contributed by atoms with E-state index in [0.717, 1.165) is 12.0 Å². The van der Waals surface area contributed by atoms with Gasteiger partial charge in [-0.1, -0.05) is 54.9 Å². The fraction of sp³-hybridized carbons (Fsp3) is 0.333. The molecule has 0 radical (unpaired) electrons. The van der Waals surface area contributed by atoms with Crippen molar-refractivity contribution in [1.29, 1.82) is 0 Å². The van der Waals surface area contributed by atoms with Gasteiger partial charge in [0.1, 0.15) is 11.9 Å². The highest BCUT2D eigenvalue weighted by atomic mass is 35.5. The molecule has 2 rings (SSSR count). The summed E-state index contributed by atoms with van der Waals surface area (Å²) in [6.07, 6.45) is 0.675. The molecule has 0 aliphatic carbocycles. The highest BCUT2D eigenvalue weighted by Crippen LogP contribution is 2.20.